The van der Waals surface area contributed by atoms with Crippen LogP contribution in [-0.2, 0) is 4.74 Å². The Hall–Kier alpha value is -2.30. The summed E-state index contributed by atoms with van der Waals surface area (Å²) >= 11 is 0. The molecule has 1 heterocycles. The number of fused-ring (bicyclic) bond motifs is 1. The summed E-state index contributed by atoms with van der Waals surface area (Å²) in [4.78, 5) is 15.6. The second kappa shape index (κ2) is 4.91. The van der Waals surface area contributed by atoms with E-state index in [-0.39, 0.29) is 0 Å². The Labute approximate surface area is 104 Å². The van der Waals surface area contributed by atoms with Crippen molar-refractivity contribution in [1.29, 1.82) is 0 Å². The van der Waals surface area contributed by atoms with Gasteiger partial charge in [-0.3, -0.25) is 4.98 Å². The van der Waals surface area contributed by atoms with Gasteiger partial charge >= 0.3 is 5.97 Å². The smallest absolute Gasteiger partial charge is 0.339 e. The van der Waals surface area contributed by atoms with E-state index < -0.39 is 5.97 Å². The SMILES string of the molecule is COC(=O)c1cnc2c(OC)c(OC)ccc2c1. The number of carbonyl (C=O) groups is 1. The number of methoxy groups -OCH3 is 3. The van der Waals surface area contributed by atoms with Crippen LogP contribution >= 0.6 is 0 Å². The van der Waals surface area contributed by atoms with E-state index in [1.165, 1.54) is 13.3 Å². The van der Waals surface area contributed by atoms with Gasteiger partial charge in [0.1, 0.15) is 5.52 Å². The topological polar surface area (TPSA) is 57.7 Å². The maximum absolute atomic E-state index is 11.4. The monoisotopic (exact) mass is 247 g/mol. The molecule has 2 rings (SSSR count). The molecule has 0 aliphatic rings. The summed E-state index contributed by atoms with van der Waals surface area (Å²) in [5.74, 6) is 0.730. The molecular formula is C13H13NO4. The molecule has 0 saturated carbocycles. The Kier molecular flexibility index (Phi) is 3.32. The summed E-state index contributed by atoms with van der Waals surface area (Å²) in [6, 6.07) is 5.29. The summed E-state index contributed by atoms with van der Waals surface area (Å²) in [6.07, 6.45) is 1.45. The highest BCUT2D eigenvalue weighted by molar-refractivity contribution is 5.95. The van der Waals surface area contributed by atoms with E-state index in [1.807, 2.05) is 6.07 Å². The molecule has 2 aromatic rings. The highest BCUT2D eigenvalue weighted by Gasteiger charge is 2.13. The second-order valence-corrected chi connectivity index (χ2v) is 3.59. The molecule has 0 bridgehead atoms. The molecule has 1 aromatic carbocycles. The van der Waals surface area contributed by atoms with Gasteiger partial charge in [-0.15, -0.1) is 0 Å². The van der Waals surface area contributed by atoms with Crippen molar-refractivity contribution in [2.24, 2.45) is 0 Å². The summed E-state index contributed by atoms with van der Waals surface area (Å²) in [5, 5.41) is 0.788. The molecule has 0 amide bonds. The molecule has 0 aliphatic carbocycles. The molecule has 1 aromatic heterocycles. The van der Waals surface area contributed by atoms with Crippen LogP contribution in [0.3, 0.4) is 0 Å². The lowest BCUT2D eigenvalue weighted by molar-refractivity contribution is 0.0600. The number of pyridine rings is 1. The van der Waals surface area contributed by atoms with Gasteiger partial charge in [-0.2, -0.15) is 0 Å². The van der Waals surface area contributed by atoms with Crippen LogP contribution in [0.2, 0.25) is 0 Å². The first-order chi connectivity index (χ1) is 8.71. The Bertz CT molecular complexity index is 595. The number of carbonyl (C=O) groups excluding carboxylic acids is 1. The van der Waals surface area contributed by atoms with E-state index in [1.54, 1.807) is 26.4 Å². The van der Waals surface area contributed by atoms with Crippen LogP contribution in [-0.4, -0.2) is 32.3 Å². The normalized spacial score (nSPS) is 10.2. The molecule has 94 valence electrons. The maximum Gasteiger partial charge on any atom is 0.339 e. The number of benzene rings is 1. The van der Waals surface area contributed by atoms with Crippen molar-refractivity contribution < 1.29 is 19.0 Å². The summed E-state index contributed by atoms with van der Waals surface area (Å²) < 4.78 is 15.1. The third-order valence-electron chi connectivity index (χ3n) is 2.62. The molecular weight excluding hydrogens is 234 g/mol. The van der Waals surface area contributed by atoms with Crippen LogP contribution in [0, 0.1) is 0 Å². The minimum atomic E-state index is -0.417. The molecule has 0 radical (unpaired) electrons. The van der Waals surface area contributed by atoms with Gasteiger partial charge in [-0.05, 0) is 18.2 Å². The van der Waals surface area contributed by atoms with Gasteiger partial charge in [0.2, 0.25) is 0 Å². The average Bonchev–Trinajstić information content (AvgIpc) is 2.44. The second-order valence-electron chi connectivity index (χ2n) is 3.59. The number of hydrogen-bond acceptors (Lipinski definition) is 5. The van der Waals surface area contributed by atoms with Gasteiger partial charge < -0.3 is 14.2 Å². The fourth-order valence-electron chi connectivity index (χ4n) is 1.74. The highest BCUT2D eigenvalue weighted by atomic mass is 16.5. The molecule has 5 heteroatoms. The zero-order chi connectivity index (χ0) is 13.1. The molecule has 0 atom stereocenters. The predicted octanol–water partition coefficient (Wildman–Crippen LogP) is 2.04. The molecule has 0 saturated heterocycles. The number of nitrogens with zero attached hydrogens (tertiary/aromatic N) is 1. The molecule has 0 spiro atoms. The number of hydrogen-bond donors (Lipinski definition) is 0. The summed E-state index contributed by atoms with van der Waals surface area (Å²) in [5.41, 5.74) is 1.04. The first-order valence-corrected chi connectivity index (χ1v) is 5.30. The van der Waals surface area contributed by atoms with Crippen molar-refractivity contribution in [2.75, 3.05) is 21.3 Å². The quantitative estimate of drug-likeness (QED) is 0.777. The Morgan fingerprint density at radius 2 is 1.94 bits per heavy atom. The third-order valence-corrected chi connectivity index (χ3v) is 2.62. The van der Waals surface area contributed by atoms with Gasteiger partial charge in [-0.25, -0.2) is 4.79 Å². The summed E-state index contributed by atoms with van der Waals surface area (Å²) in [6.45, 7) is 0. The first kappa shape index (κ1) is 12.2. The van der Waals surface area contributed by atoms with Crippen molar-refractivity contribution in [1.82, 2.24) is 4.98 Å². The molecule has 0 N–H and O–H groups in total. The van der Waals surface area contributed by atoms with E-state index in [0.29, 0.717) is 22.6 Å². The zero-order valence-corrected chi connectivity index (χ0v) is 10.4. The maximum atomic E-state index is 11.4. The summed E-state index contributed by atoms with van der Waals surface area (Å²) in [7, 11) is 4.45. The largest absolute Gasteiger partial charge is 0.493 e. The number of rotatable bonds is 3. The van der Waals surface area contributed by atoms with Crippen molar-refractivity contribution in [3.63, 3.8) is 0 Å². The van der Waals surface area contributed by atoms with E-state index in [4.69, 9.17) is 9.47 Å². The molecule has 0 aliphatic heterocycles. The lowest BCUT2D eigenvalue weighted by Crippen LogP contribution is -2.02. The lowest BCUT2D eigenvalue weighted by Gasteiger charge is -2.10. The van der Waals surface area contributed by atoms with E-state index in [0.717, 1.165) is 5.39 Å². The Balaban J connectivity index is 2.63. The van der Waals surface area contributed by atoms with E-state index >= 15 is 0 Å². The van der Waals surface area contributed by atoms with Crippen LogP contribution in [0.25, 0.3) is 10.9 Å². The van der Waals surface area contributed by atoms with Gasteiger partial charge in [0, 0.05) is 11.6 Å². The minimum absolute atomic E-state index is 0.400. The van der Waals surface area contributed by atoms with Gasteiger partial charge in [0.25, 0.3) is 0 Å². The fraction of sp³-hybridized carbons (Fsp3) is 0.231. The third kappa shape index (κ3) is 1.95. The van der Waals surface area contributed by atoms with Crippen LogP contribution in [0.4, 0.5) is 0 Å². The standard InChI is InChI=1S/C13H13NO4/c1-16-10-5-4-8-6-9(13(15)18-3)7-14-11(8)12(10)17-2/h4-7H,1-3H3. The zero-order valence-electron chi connectivity index (χ0n) is 10.4. The Morgan fingerprint density at radius 3 is 2.56 bits per heavy atom. The number of aromatic nitrogens is 1. The van der Waals surface area contributed by atoms with Crippen LogP contribution in [0.15, 0.2) is 24.4 Å². The number of esters is 1. The predicted molar refractivity (Wildman–Crippen MR) is 66.2 cm³/mol. The van der Waals surface area contributed by atoms with Crippen LogP contribution < -0.4 is 9.47 Å². The molecule has 0 unspecified atom stereocenters. The Morgan fingerprint density at radius 1 is 1.17 bits per heavy atom. The van der Waals surface area contributed by atoms with Crippen molar-refractivity contribution in [2.45, 2.75) is 0 Å². The number of ether oxygens (including phenoxy) is 3. The average molecular weight is 247 g/mol. The fourth-order valence-corrected chi connectivity index (χ4v) is 1.74. The van der Waals surface area contributed by atoms with Crippen molar-refractivity contribution in [3.8, 4) is 11.5 Å². The minimum Gasteiger partial charge on any atom is -0.493 e. The first-order valence-electron chi connectivity index (χ1n) is 5.30. The van der Waals surface area contributed by atoms with Gasteiger partial charge in [-0.1, -0.05) is 0 Å². The lowest BCUT2D eigenvalue weighted by atomic mass is 10.1. The van der Waals surface area contributed by atoms with E-state index in [2.05, 4.69) is 9.72 Å². The van der Waals surface area contributed by atoms with Gasteiger partial charge in [0.05, 0.1) is 26.9 Å². The van der Waals surface area contributed by atoms with Gasteiger partial charge in [0.15, 0.2) is 11.5 Å². The molecule has 5 nitrogen and oxygen atoms in total. The van der Waals surface area contributed by atoms with Crippen LogP contribution in [0.5, 0.6) is 11.5 Å². The molecule has 0 fully saturated rings. The van der Waals surface area contributed by atoms with Crippen molar-refractivity contribution >= 4 is 16.9 Å². The highest BCUT2D eigenvalue weighted by Crippen LogP contribution is 2.34. The van der Waals surface area contributed by atoms with Crippen molar-refractivity contribution in [3.05, 3.63) is 30.0 Å². The molecule has 18 heavy (non-hydrogen) atoms. The van der Waals surface area contributed by atoms with E-state index in [9.17, 15) is 4.79 Å². The van der Waals surface area contributed by atoms with Crippen LogP contribution in [0.1, 0.15) is 10.4 Å².